The van der Waals surface area contributed by atoms with E-state index in [1.807, 2.05) is 18.7 Å². The van der Waals surface area contributed by atoms with Crippen LogP contribution >= 0.6 is 0 Å². The minimum atomic E-state index is -1.05. The summed E-state index contributed by atoms with van der Waals surface area (Å²) in [6.07, 6.45) is 5.91. The van der Waals surface area contributed by atoms with Crippen LogP contribution in [0.2, 0.25) is 0 Å². The third-order valence-corrected chi connectivity index (χ3v) is 3.92. The third-order valence-electron chi connectivity index (χ3n) is 3.92. The van der Waals surface area contributed by atoms with Gasteiger partial charge in [-0.3, -0.25) is 0 Å². The maximum absolute atomic E-state index is 11.5. The lowest BCUT2D eigenvalue weighted by Gasteiger charge is -2.31. The first kappa shape index (κ1) is 15.7. The van der Waals surface area contributed by atoms with E-state index in [0.29, 0.717) is 18.1 Å². The summed E-state index contributed by atoms with van der Waals surface area (Å²) in [5.74, 6) is -0.434. The molecule has 0 saturated heterocycles. The van der Waals surface area contributed by atoms with Crippen LogP contribution in [0.3, 0.4) is 0 Å². The fraction of sp³-hybridized carbons (Fsp3) is 0.667. The summed E-state index contributed by atoms with van der Waals surface area (Å²) in [6, 6.07) is 0.267. The van der Waals surface area contributed by atoms with Gasteiger partial charge in [-0.25, -0.2) is 14.8 Å². The van der Waals surface area contributed by atoms with Gasteiger partial charge in [0, 0.05) is 18.5 Å². The number of aliphatic hydroxyl groups excluding tert-OH is 1. The van der Waals surface area contributed by atoms with Crippen molar-refractivity contribution in [2.75, 3.05) is 18.1 Å². The number of carbonyl (C=O) groups is 1. The Hall–Kier alpha value is -1.69. The lowest BCUT2D eigenvalue weighted by Crippen LogP contribution is -2.37. The molecule has 2 N–H and O–H groups in total. The highest BCUT2D eigenvalue weighted by Crippen LogP contribution is 2.30. The zero-order chi connectivity index (χ0) is 15.4. The number of hydrogen-bond donors (Lipinski definition) is 2. The summed E-state index contributed by atoms with van der Waals surface area (Å²) >= 11 is 0. The second kappa shape index (κ2) is 6.85. The molecule has 116 valence electrons. The van der Waals surface area contributed by atoms with Crippen LogP contribution in [0.25, 0.3) is 0 Å². The van der Waals surface area contributed by atoms with Crippen LogP contribution in [0.5, 0.6) is 0 Å². The number of aromatic carboxylic acids is 1. The van der Waals surface area contributed by atoms with Gasteiger partial charge in [0.25, 0.3) is 0 Å². The van der Waals surface area contributed by atoms with Crippen molar-refractivity contribution in [2.45, 2.75) is 51.5 Å². The fourth-order valence-corrected chi connectivity index (χ4v) is 2.86. The van der Waals surface area contributed by atoms with Gasteiger partial charge >= 0.3 is 5.97 Å². The Morgan fingerprint density at radius 1 is 1.43 bits per heavy atom. The Labute approximate surface area is 124 Å². The largest absolute Gasteiger partial charge is 0.476 e. The summed E-state index contributed by atoms with van der Waals surface area (Å²) in [4.78, 5) is 22.0. The van der Waals surface area contributed by atoms with E-state index in [1.54, 1.807) is 6.20 Å². The average molecular weight is 293 g/mol. The molecule has 0 amide bonds. The fourth-order valence-electron chi connectivity index (χ4n) is 2.86. The molecule has 0 aliphatic heterocycles. The molecule has 1 heterocycles. The van der Waals surface area contributed by atoms with Crippen LogP contribution < -0.4 is 4.90 Å². The summed E-state index contributed by atoms with van der Waals surface area (Å²) in [5, 5.41) is 18.8. The highest BCUT2D eigenvalue weighted by Gasteiger charge is 2.27. The standard InChI is InChI=1S/C15H23N3O3/c1-10(2)14-16-9-12(13(17-14)15(20)21)18(7-8-19)11-5-3-4-6-11/h9-11,19H,3-8H2,1-2H3,(H,20,21). The summed E-state index contributed by atoms with van der Waals surface area (Å²) in [7, 11) is 0. The monoisotopic (exact) mass is 293 g/mol. The van der Waals surface area contributed by atoms with E-state index in [-0.39, 0.29) is 24.3 Å². The molecule has 0 atom stereocenters. The number of aliphatic hydroxyl groups is 1. The van der Waals surface area contributed by atoms with Gasteiger partial charge in [0.2, 0.25) is 0 Å². The second-order valence-corrected chi connectivity index (χ2v) is 5.78. The van der Waals surface area contributed by atoms with E-state index in [2.05, 4.69) is 9.97 Å². The minimum Gasteiger partial charge on any atom is -0.476 e. The van der Waals surface area contributed by atoms with Gasteiger partial charge in [-0.1, -0.05) is 26.7 Å². The van der Waals surface area contributed by atoms with Crippen molar-refractivity contribution < 1.29 is 15.0 Å². The maximum atomic E-state index is 11.5. The topological polar surface area (TPSA) is 86.5 Å². The van der Waals surface area contributed by atoms with Crippen molar-refractivity contribution in [3.8, 4) is 0 Å². The zero-order valence-electron chi connectivity index (χ0n) is 12.6. The Kier molecular flexibility index (Phi) is 5.12. The molecule has 2 rings (SSSR count). The highest BCUT2D eigenvalue weighted by molar-refractivity contribution is 5.92. The van der Waals surface area contributed by atoms with Crippen molar-refractivity contribution in [3.63, 3.8) is 0 Å². The van der Waals surface area contributed by atoms with Crippen molar-refractivity contribution in [1.82, 2.24) is 9.97 Å². The number of rotatable bonds is 6. The van der Waals surface area contributed by atoms with E-state index in [0.717, 1.165) is 25.7 Å². The van der Waals surface area contributed by atoms with Crippen molar-refractivity contribution in [1.29, 1.82) is 0 Å². The van der Waals surface area contributed by atoms with Gasteiger partial charge in [-0.15, -0.1) is 0 Å². The highest BCUT2D eigenvalue weighted by atomic mass is 16.4. The smallest absolute Gasteiger partial charge is 0.356 e. The molecule has 1 aliphatic carbocycles. The van der Waals surface area contributed by atoms with Crippen LogP contribution in [0.4, 0.5) is 5.69 Å². The molecular weight excluding hydrogens is 270 g/mol. The van der Waals surface area contributed by atoms with Crippen molar-refractivity contribution in [3.05, 3.63) is 17.7 Å². The number of carboxylic acids is 1. The van der Waals surface area contributed by atoms with Gasteiger partial charge in [0.05, 0.1) is 18.5 Å². The lowest BCUT2D eigenvalue weighted by molar-refractivity contribution is 0.0690. The Bertz CT molecular complexity index is 499. The molecule has 1 fully saturated rings. The first-order valence-corrected chi connectivity index (χ1v) is 7.52. The average Bonchev–Trinajstić information content (AvgIpc) is 2.98. The van der Waals surface area contributed by atoms with Gasteiger partial charge in [0.1, 0.15) is 5.82 Å². The van der Waals surface area contributed by atoms with E-state index < -0.39 is 5.97 Å². The molecule has 1 saturated carbocycles. The molecule has 0 aromatic carbocycles. The molecule has 6 nitrogen and oxygen atoms in total. The molecule has 0 spiro atoms. The molecule has 0 radical (unpaired) electrons. The van der Waals surface area contributed by atoms with Crippen LogP contribution in [-0.2, 0) is 0 Å². The molecular formula is C15H23N3O3. The van der Waals surface area contributed by atoms with Crippen LogP contribution in [0, 0.1) is 0 Å². The van der Waals surface area contributed by atoms with E-state index in [1.165, 1.54) is 0 Å². The third kappa shape index (κ3) is 3.50. The molecule has 1 aromatic rings. The van der Waals surface area contributed by atoms with Crippen molar-refractivity contribution in [2.24, 2.45) is 0 Å². The van der Waals surface area contributed by atoms with Crippen LogP contribution in [0.1, 0.15) is 61.8 Å². The maximum Gasteiger partial charge on any atom is 0.356 e. The van der Waals surface area contributed by atoms with Crippen LogP contribution in [0.15, 0.2) is 6.20 Å². The minimum absolute atomic E-state index is 0.0124. The predicted octanol–water partition coefficient (Wildman–Crippen LogP) is 2.04. The van der Waals surface area contributed by atoms with Gasteiger partial charge in [-0.2, -0.15) is 0 Å². The van der Waals surface area contributed by atoms with E-state index in [9.17, 15) is 15.0 Å². The number of aromatic nitrogens is 2. The Morgan fingerprint density at radius 2 is 2.10 bits per heavy atom. The van der Waals surface area contributed by atoms with E-state index >= 15 is 0 Å². The predicted molar refractivity (Wildman–Crippen MR) is 79.8 cm³/mol. The first-order valence-electron chi connectivity index (χ1n) is 7.52. The number of anilines is 1. The van der Waals surface area contributed by atoms with Crippen molar-refractivity contribution >= 4 is 11.7 Å². The number of hydrogen-bond acceptors (Lipinski definition) is 5. The van der Waals surface area contributed by atoms with Gasteiger partial charge < -0.3 is 15.1 Å². The SMILES string of the molecule is CC(C)c1ncc(N(CCO)C2CCCC2)c(C(=O)O)n1. The second-order valence-electron chi connectivity index (χ2n) is 5.78. The number of nitrogens with zero attached hydrogens (tertiary/aromatic N) is 3. The van der Waals surface area contributed by atoms with E-state index in [4.69, 9.17) is 0 Å². The summed E-state index contributed by atoms with van der Waals surface area (Å²) in [5.41, 5.74) is 0.557. The van der Waals surface area contributed by atoms with Gasteiger partial charge in [0.15, 0.2) is 5.69 Å². The molecule has 21 heavy (non-hydrogen) atoms. The normalized spacial score (nSPS) is 15.6. The Balaban J connectivity index is 2.40. The van der Waals surface area contributed by atoms with Crippen LogP contribution in [-0.4, -0.2) is 45.3 Å². The lowest BCUT2D eigenvalue weighted by atomic mass is 10.1. The zero-order valence-corrected chi connectivity index (χ0v) is 12.6. The first-order chi connectivity index (χ1) is 10.0. The Morgan fingerprint density at radius 3 is 2.62 bits per heavy atom. The molecule has 6 heteroatoms. The molecule has 0 unspecified atom stereocenters. The summed E-state index contributed by atoms with van der Waals surface area (Å²) < 4.78 is 0. The molecule has 1 aromatic heterocycles. The quantitative estimate of drug-likeness (QED) is 0.834. The number of carboxylic acid groups (broad SMARTS) is 1. The summed E-state index contributed by atoms with van der Waals surface area (Å²) in [6.45, 7) is 4.27. The van der Waals surface area contributed by atoms with Gasteiger partial charge in [-0.05, 0) is 12.8 Å². The molecule has 0 bridgehead atoms. The molecule has 1 aliphatic rings.